The molecule has 7 heteroatoms. The summed E-state index contributed by atoms with van der Waals surface area (Å²) in [5.74, 6) is 2.93. The molecule has 0 aromatic carbocycles. The highest BCUT2D eigenvalue weighted by Gasteiger charge is 2.20. The molecule has 0 spiro atoms. The molecule has 1 aliphatic heterocycles. The fraction of sp³-hybridized carbons (Fsp3) is 0.182. The van der Waals surface area contributed by atoms with Gasteiger partial charge >= 0.3 is 0 Å². The lowest BCUT2D eigenvalue weighted by molar-refractivity contribution is 1.06. The van der Waals surface area contributed by atoms with Crippen molar-refractivity contribution >= 4 is 49.4 Å². The highest BCUT2D eigenvalue weighted by Crippen LogP contribution is 2.34. The Kier molecular flexibility index (Phi) is 3.29. The Labute approximate surface area is 125 Å². The molecular weight excluding hydrogens is 380 g/mol. The molecule has 18 heavy (non-hydrogen) atoms. The Morgan fingerprint density at radius 3 is 2.83 bits per heavy atom. The van der Waals surface area contributed by atoms with Gasteiger partial charge < -0.3 is 5.73 Å². The van der Waals surface area contributed by atoms with Gasteiger partial charge in [-0.3, -0.25) is 4.98 Å². The third-order valence-corrected chi connectivity index (χ3v) is 4.64. The maximum atomic E-state index is 5.97. The number of nitrogen functional groups attached to an aromatic ring is 1. The first-order chi connectivity index (χ1) is 8.65. The van der Waals surface area contributed by atoms with Crippen molar-refractivity contribution in [3.8, 4) is 11.5 Å². The predicted molar refractivity (Wildman–Crippen MR) is 80.1 cm³/mol. The van der Waals surface area contributed by atoms with Crippen molar-refractivity contribution in [2.24, 2.45) is 0 Å². The van der Waals surface area contributed by atoms with Crippen LogP contribution in [0.3, 0.4) is 0 Å². The summed E-state index contributed by atoms with van der Waals surface area (Å²) in [4.78, 5) is 13.2. The second-order valence-corrected chi connectivity index (χ2v) is 6.59. The number of thioether (sulfide) groups is 1. The summed E-state index contributed by atoms with van der Waals surface area (Å²) in [6.07, 6.45) is 1.72. The second kappa shape index (κ2) is 4.79. The molecule has 2 N–H and O–H groups in total. The van der Waals surface area contributed by atoms with Crippen molar-refractivity contribution in [3.05, 3.63) is 32.5 Å². The number of pyridine rings is 1. The first-order valence-electron chi connectivity index (χ1n) is 5.19. The number of hydrogen-bond acceptors (Lipinski definition) is 5. The number of nitrogens with two attached hydrogens (primary N) is 1. The summed E-state index contributed by atoms with van der Waals surface area (Å²) in [5, 5.41) is 0. The summed E-state index contributed by atoms with van der Waals surface area (Å²) in [5.41, 5.74) is 8.78. The minimum atomic E-state index is 0.566. The van der Waals surface area contributed by atoms with Crippen LogP contribution in [-0.4, -0.2) is 15.0 Å². The largest absolute Gasteiger partial charge is 0.383 e. The van der Waals surface area contributed by atoms with Gasteiger partial charge in [-0.1, -0.05) is 0 Å². The van der Waals surface area contributed by atoms with Crippen LogP contribution in [0.5, 0.6) is 0 Å². The smallest absolute Gasteiger partial charge is 0.181 e. The van der Waals surface area contributed by atoms with E-state index in [4.69, 9.17) is 5.73 Å². The summed E-state index contributed by atoms with van der Waals surface area (Å²) < 4.78 is 1.75. The molecule has 92 valence electrons. The Balaban J connectivity index is 2.15. The average Bonchev–Trinajstić information content (AvgIpc) is 2.77. The Morgan fingerprint density at radius 1 is 1.22 bits per heavy atom. The third-order valence-electron chi connectivity index (χ3n) is 2.63. The van der Waals surface area contributed by atoms with Crippen molar-refractivity contribution in [2.45, 2.75) is 11.5 Å². The van der Waals surface area contributed by atoms with E-state index in [1.807, 2.05) is 6.07 Å². The van der Waals surface area contributed by atoms with E-state index in [1.165, 1.54) is 0 Å². The maximum absolute atomic E-state index is 5.97. The molecule has 2 aromatic rings. The topological polar surface area (TPSA) is 64.7 Å². The van der Waals surface area contributed by atoms with Crippen LogP contribution in [0.15, 0.2) is 21.2 Å². The van der Waals surface area contributed by atoms with Crippen molar-refractivity contribution in [1.29, 1.82) is 0 Å². The van der Waals surface area contributed by atoms with Crippen LogP contribution in [-0.2, 0) is 11.5 Å². The number of anilines is 1. The molecule has 3 rings (SSSR count). The van der Waals surface area contributed by atoms with Crippen LogP contribution in [0.4, 0.5) is 5.82 Å². The molecule has 0 amide bonds. The van der Waals surface area contributed by atoms with Crippen LogP contribution >= 0.6 is 43.6 Å². The van der Waals surface area contributed by atoms with Crippen LogP contribution < -0.4 is 5.73 Å². The van der Waals surface area contributed by atoms with E-state index >= 15 is 0 Å². The fourth-order valence-electron chi connectivity index (χ4n) is 1.76. The SMILES string of the molecule is Nc1nc(-c2ncc(Br)cc2Br)nc2c1CSC2. The number of fused-ring (bicyclic) bond motifs is 1. The number of nitrogens with zero attached hydrogens (tertiary/aromatic N) is 3. The van der Waals surface area contributed by atoms with Crippen LogP contribution in [0.1, 0.15) is 11.3 Å². The van der Waals surface area contributed by atoms with Gasteiger partial charge in [0.25, 0.3) is 0 Å². The second-order valence-electron chi connectivity index (χ2n) is 3.83. The minimum absolute atomic E-state index is 0.566. The molecule has 0 saturated heterocycles. The first kappa shape index (κ1) is 12.4. The molecule has 0 atom stereocenters. The Hall–Kier alpha value is -0.660. The predicted octanol–water partition coefficient (Wildman–Crippen LogP) is 3.39. The lowest BCUT2D eigenvalue weighted by Gasteiger charge is -2.07. The van der Waals surface area contributed by atoms with Gasteiger partial charge in [0, 0.05) is 32.2 Å². The quantitative estimate of drug-likeness (QED) is 0.812. The van der Waals surface area contributed by atoms with Gasteiger partial charge in [0.15, 0.2) is 5.82 Å². The normalized spacial score (nSPS) is 13.7. The Bertz CT molecular complexity index is 633. The molecule has 2 aromatic heterocycles. The number of aromatic nitrogens is 3. The zero-order valence-corrected chi connectivity index (χ0v) is 13.1. The van der Waals surface area contributed by atoms with Gasteiger partial charge in [0.1, 0.15) is 11.5 Å². The monoisotopic (exact) mass is 386 g/mol. The van der Waals surface area contributed by atoms with Crippen molar-refractivity contribution < 1.29 is 0 Å². The van der Waals surface area contributed by atoms with E-state index in [1.54, 1.807) is 18.0 Å². The number of hydrogen-bond donors (Lipinski definition) is 1. The average molecular weight is 388 g/mol. The van der Waals surface area contributed by atoms with E-state index in [9.17, 15) is 0 Å². The fourth-order valence-corrected chi connectivity index (χ4v) is 3.98. The molecule has 0 saturated carbocycles. The zero-order valence-electron chi connectivity index (χ0n) is 9.15. The summed E-state index contributed by atoms with van der Waals surface area (Å²) in [6.45, 7) is 0. The zero-order chi connectivity index (χ0) is 12.7. The van der Waals surface area contributed by atoms with E-state index in [-0.39, 0.29) is 0 Å². The summed E-state index contributed by atoms with van der Waals surface area (Å²) in [6, 6.07) is 1.92. The van der Waals surface area contributed by atoms with Gasteiger partial charge in [-0.2, -0.15) is 11.8 Å². The van der Waals surface area contributed by atoms with Gasteiger partial charge in [-0.25, -0.2) is 9.97 Å². The third kappa shape index (κ3) is 2.15. The summed E-state index contributed by atoms with van der Waals surface area (Å²) in [7, 11) is 0. The van der Waals surface area contributed by atoms with E-state index < -0.39 is 0 Å². The number of halogens is 2. The van der Waals surface area contributed by atoms with Crippen molar-refractivity contribution in [3.63, 3.8) is 0 Å². The van der Waals surface area contributed by atoms with Crippen LogP contribution in [0, 0.1) is 0 Å². The summed E-state index contributed by atoms with van der Waals surface area (Å²) >= 11 is 8.65. The van der Waals surface area contributed by atoms with Crippen LogP contribution in [0.2, 0.25) is 0 Å². The standard InChI is InChI=1S/C11H8Br2N4S/c12-5-1-7(13)9(15-2-5)11-16-8-4-18-3-6(8)10(14)17-11/h1-2H,3-4H2,(H2,14,16,17). The maximum Gasteiger partial charge on any atom is 0.181 e. The highest BCUT2D eigenvalue weighted by molar-refractivity contribution is 9.11. The van der Waals surface area contributed by atoms with Crippen LogP contribution in [0.25, 0.3) is 11.5 Å². The molecule has 0 fully saturated rings. The van der Waals surface area contributed by atoms with Gasteiger partial charge in [-0.15, -0.1) is 0 Å². The minimum Gasteiger partial charge on any atom is -0.383 e. The first-order valence-corrected chi connectivity index (χ1v) is 7.93. The Morgan fingerprint density at radius 2 is 2.06 bits per heavy atom. The molecule has 1 aliphatic rings. The molecule has 0 radical (unpaired) electrons. The van der Waals surface area contributed by atoms with Gasteiger partial charge in [-0.05, 0) is 37.9 Å². The van der Waals surface area contributed by atoms with Gasteiger partial charge in [0.05, 0.1) is 5.69 Å². The van der Waals surface area contributed by atoms with Crippen molar-refractivity contribution in [2.75, 3.05) is 5.73 Å². The van der Waals surface area contributed by atoms with E-state index in [2.05, 4.69) is 46.8 Å². The lowest BCUT2D eigenvalue weighted by Crippen LogP contribution is -2.03. The highest BCUT2D eigenvalue weighted by atomic mass is 79.9. The van der Waals surface area contributed by atoms with E-state index in [0.717, 1.165) is 31.7 Å². The molecular formula is C11H8Br2N4S. The lowest BCUT2D eigenvalue weighted by atomic mass is 10.2. The van der Waals surface area contributed by atoms with Gasteiger partial charge in [0.2, 0.25) is 0 Å². The molecule has 4 nitrogen and oxygen atoms in total. The van der Waals surface area contributed by atoms with Crippen molar-refractivity contribution in [1.82, 2.24) is 15.0 Å². The molecule has 3 heterocycles. The molecule has 0 aliphatic carbocycles. The molecule has 0 unspecified atom stereocenters. The molecule has 0 bridgehead atoms. The van der Waals surface area contributed by atoms with E-state index in [0.29, 0.717) is 17.3 Å². The number of rotatable bonds is 1.